The van der Waals surface area contributed by atoms with Gasteiger partial charge in [0, 0.05) is 30.8 Å². The molecule has 3 nitrogen and oxygen atoms in total. The minimum Gasteiger partial charge on any atom is -0.377 e. The van der Waals surface area contributed by atoms with E-state index in [1.54, 1.807) is 0 Å². The summed E-state index contributed by atoms with van der Waals surface area (Å²) in [4.78, 5) is 16.4. The van der Waals surface area contributed by atoms with Gasteiger partial charge in [-0.2, -0.15) is 0 Å². The van der Waals surface area contributed by atoms with Crippen LogP contribution in [0.25, 0.3) is 0 Å². The van der Waals surface area contributed by atoms with Crippen LogP contribution in [0, 0.1) is 12.8 Å². The second-order valence-electron chi connectivity index (χ2n) is 4.68. The van der Waals surface area contributed by atoms with Gasteiger partial charge in [0.2, 0.25) is 0 Å². The van der Waals surface area contributed by atoms with Gasteiger partial charge in [0.15, 0.2) is 0 Å². The molecule has 0 N–H and O–H groups in total. The van der Waals surface area contributed by atoms with Crippen molar-refractivity contribution in [1.29, 1.82) is 0 Å². The maximum atomic E-state index is 12.1. The van der Waals surface area contributed by atoms with Crippen LogP contribution in [0.4, 0.5) is 0 Å². The van der Waals surface area contributed by atoms with E-state index in [0.717, 1.165) is 30.7 Å². The SMILES string of the molecule is CCC1OCCC1C(=O)Cc1ccc(C)cn1. The Hall–Kier alpha value is -1.22. The van der Waals surface area contributed by atoms with E-state index in [9.17, 15) is 4.79 Å². The monoisotopic (exact) mass is 233 g/mol. The Bertz CT molecular complexity index is 386. The molecule has 0 aliphatic carbocycles. The highest BCUT2D eigenvalue weighted by molar-refractivity contribution is 5.83. The lowest BCUT2D eigenvalue weighted by atomic mass is 9.92. The summed E-state index contributed by atoms with van der Waals surface area (Å²) in [6, 6.07) is 3.93. The highest BCUT2D eigenvalue weighted by atomic mass is 16.5. The molecule has 2 rings (SSSR count). The number of rotatable bonds is 4. The molecule has 0 bridgehead atoms. The zero-order valence-electron chi connectivity index (χ0n) is 10.5. The molecule has 3 heteroatoms. The largest absolute Gasteiger partial charge is 0.377 e. The van der Waals surface area contributed by atoms with Gasteiger partial charge in [-0.15, -0.1) is 0 Å². The first-order valence-corrected chi connectivity index (χ1v) is 6.26. The van der Waals surface area contributed by atoms with Crippen molar-refractivity contribution in [1.82, 2.24) is 4.98 Å². The van der Waals surface area contributed by atoms with Crippen LogP contribution in [0.15, 0.2) is 18.3 Å². The Morgan fingerprint density at radius 2 is 2.35 bits per heavy atom. The van der Waals surface area contributed by atoms with Gasteiger partial charge >= 0.3 is 0 Å². The van der Waals surface area contributed by atoms with Gasteiger partial charge < -0.3 is 4.74 Å². The quantitative estimate of drug-likeness (QED) is 0.801. The van der Waals surface area contributed by atoms with Crippen molar-refractivity contribution < 1.29 is 9.53 Å². The fraction of sp³-hybridized carbons (Fsp3) is 0.571. The molecular weight excluding hydrogens is 214 g/mol. The topological polar surface area (TPSA) is 39.2 Å². The minimum absolute atomic E-state index is 0.0723. The Kier molecular flexibility index (Phi) is 3.89. The van der Waals surface area contributed by atoms with Gasteiger partial charge in [0.25, 0.3) is 0 Å². The van der Waals surface area contributed by atoms with Crippen molar-refractivity contribution in [2.24, 2.45) is 5.92 Å². The van der Waals surface area contributed by atoms with Crippen LogP contribution >= 0.6 is 0 Å². The average molecular weight is 233 g/mol. The Morgan fingerprint density at radius 1 is 1.53 bits per heavy atom. The molecule has 2 unspecified atom stereocenters. The van der Waals surface area contributed by atoms with Crippen molar-refractivity contribution >= 4 is 5.78 Å². The predicted octanol–water partition coefficient (Wildman–Crippen LogP) is 2.32. The molecule has 0 radical (unpaired) electrons. The molecular formula is C14H19NO2. The van der Waals surface area contributed by atoms with E-state index >= 15 is 0 Å². The van der Waals surface area contributed by atoms with E-state index in [1.807, 2.05) is 25.3 Å². The molecule has 1 aliphatic rings. The number of ketones is 1. The Morgan fingerprint density at radius 3 is 3.00 bits per heavy atom. The van der Waals surface area contributed by atoms with Crippen molar-refractivity contribution in [3.8, 4) is 0 Å². The number of hydrogen-bond acceptors (Lipinski definition) is 3. The lowest BCUT2D eigenvalue weighted by Gasteiger charge is -2.15. The molecule has 0 saturated carbocycles. The van der Waals surface area contributed by atoms with Crippen molar-refractivity contribution in [3.63, 3.8) is 0 Å². The zero-order valence-corrected chi connectivity index (χ0v) is 10.5. The summed E-state index contributed by atoms with van der Waals surface area (Å²) in [6.45, 7) is 4.78. The fourth-order valence-corrected chi connectivity index (χ4v) is 2.33. The van der Waals surface area contributed by atoms with E-state index < -0.39 is 0 Å². The second kappa shape index (κ2) is 5.41. The first-order valence-electron chi connectivity index (χ1n) is 6.26. The van der Waals surface area contributed by atoms with Gasteiger partial charge in [-0.1, -0.05) is 13.0 Å². The molecule has 0 amide bonds. The molecule has 1 fully saturated rings. The third-order valence-corrected chi connectivity index (χ3v) is 3.35. The van der Waals surface area contributed by atoms with Crippen LogP contribution < -0.4 is 0 Å². The summed E-state index contributed by atoms with van der Waals surface area (Å²) in [6.07, 6.45) is 4.14. The maximum Gasteiger partial charge on any atom is 0.144 e. The molecule has 0 spiro atoms. The number of carbonyl (C=O) groups is 1. The predicted molar refractivity (Wildman–Crippen MR) is 65.8 cm³/mol. The van der Waals surface area contributed by atoms with Crippen LogP contribution in [0.5, 0.6) is 0 Å². The molecule has 2 heterocycles. The summed E-state index contributed by atoms with van der Waals surface area (Å²) in [5.74, 6) is 0.341. The lowest BCUT2D eigenvalue weighted by molar-refractivity contribution is -0.123. The van der Waals surface area contributed by atoms with E-state index in [1.165, 1.54) is 0 Å². The van der Waals surface area contributed by atoms with Crippen LogP contribution in [-0.4, -0.2) is 23.5 Å². The highest BCUT2D eigenvalue weighted by Gasteiger charge is 2.32. The summed E-state index contributed by atoms with van der Waals surface area (Å²) in [5, 5.41) is 0. The van der Waals surface area contributed by atoms with Gasteiger partial charge in [-0.3, -0.25) is 9.78 Å². The Balaban J connectivity index is 1.99. The van der Waals surface area contributed by atoms with Gasteiger partial charge in [-0.05, 0) is 31.4 Å². The molecule has 1 aliphatic heterocycles. The van der Waals surface area contributed by atoms with E-state index in [-0.39, 0.29) is 17.8 Å². The molecule has 1 saturated heterocycles. The summed E-state index contributed by atoms with van der Waals surface area (Å²) < 4.78 is 5.55. The van der Waals surface area contributed by atoms with Crippen molar-refractivity contribution in [2.45, 2.75) is 39.2 Å². The van der Waals surface area contributed by atoms with Crippen LogP contribution in [0.1, 0.15) is 31.0 Å². The molecule has 17 heavy (non-hydrogen) atoms. The molecule has 1 aromatic heterocycles. The lowest BCUT2D eigenvalue weighted by Crippen LogP contribution is -2.25. The molecule has 1 aromatic rings. The van der Waals surface area contributed by atoms with E-state index in [2.05, 4.69) is 11.9 Å². The van der Waals surface area contributed by atoms with Crippen molar-refractivity contribution in [2.75, 3.05) is 6.61 Å². The van der Waals surface area contributed by atoms with Gasteiger partial charge in [-0.25, -0.2) is 0 Å². The second-order valence-corrected chi connectivity index (χ2v) is 4.68. The highest BCUT2D eigenvalue weighted by Crippen LogP contribution is 2.25. The number of carbonyl (C=O) groups excluding carboxylic acids is 1. The van der Waals surface area contributed by atoms with Gasteiger partial charge in [0.1, 0.15) is 5.78 Å². The number of Topliss-reactive ketones (excluding diaryl/α,β-unsaturated/α-hetero) is 1. The first kappa shape index (κ1) is 12.2. The number of nitrogens with zero attached hydrogens (tertiary/aromatic N) is 1. The standard InChI is InChI=1S/C14H19NO2/c1-3-14-12(6-7-17-14)13(16)8-11-5-4-10(2)9-15-11/h4-5,9,12,14H,3,6-8H2,1-2H3. The van der Waals surface area contributed by atoms with E-state index in [4.69, 9.17) is 4.74 Å². The number of hydrogen-bond donors (Lipinski definition) is 0. The normalized spacial score (nSPS) is 23.9. The molecule has 0 aromatic carbocycles. The number of pyridine rings is 1. The zero-order chi connectivity index (χ0) is 12.3. The third kappa shape index (κ3) is 2.91. The number of aromatic nitrogens is 1. The van der Waals surface area contributed by atoms with Crippen molar-refractivity contribution in [3.05, 3.63) is 29.6 Å². The first-order chi connectivity index (χ1) is 8.20. The number of ether oxygens (including phenoxy) is 1. The number of aryl methyl sites for hydroxylation is 1. The summed E-state index contributed by atoms with van der Waals surface area (Å²) in [5.41, 5.74) is 1.99. The van der Waals surface area contributed by atoms with Gasteiger partial charge in [0.05, 0.1) is 6.10 Å². The van der Waals surface area contributed by atoms with Crippen LogP contribution in [-0.2, 0) is 16.0 Å². The summed E-state index contributed by atoms with van der Waals surface area (Å²) >= 11 is 0. The maximum absolute atomic E-state index is 12.1. The molecule has 2 atom stereocenters. The fourth-order valence-electron chi connectivity index (χ4n) is 2.33. The molecule has 92 valence electrons. The van der Waals surface area contributed by atoms with Crippen LogP contribution in [0.2, 0.25) is 0 Å². The minimum atomic E-state index is 0.0723. The smallest absolute Gasteiger partial charge is 0.144 e. The van der Waals surface area contributed by atoms with E-state index in [0.29, 0.717) is 6.42 Å². The van der Waals surface area contributed by atoms with Crippen LogP contribution in [0.3, 0.4) is 0 Å². The summed E-state index contributed by atoms with van der Waals surface area (Å²) in [7, 11) is 0. The average Bonchev–Trinajstić information content (AvgIpc) is 2.80. The third-order valence-electron chi connectivity index (χ3n) is 3.35. The Labute approximate surface area is 102 Å².